The van der Waals surface area contributed by atoms with Crippen LogP contribution in [0, 0.1) is 0 Å². The summed E-state index contributed by atoms with van der Waals surface area (Å²) in [6.45, 7) is 3.04. The maximum Gasteiger partial charge on any atom is 0.276 e. The van der Waals surface area contributed by atoms with Crippen molar-refractivity contribution < 1.29 is 4.79 Å². The molecule has 134 valence electrons. The van der Waals surface area contributed by atoms with E-state index in [1.165, 1.54) is 5.56 Å². The van der Waals surface area contributed by atoms with Crippen molar-refractivity contribution in [3.63, 3.8) is 0 Å². The van der Waals surface area contributed by atoms with Crippen LogP contribution in [0.1, 0.15) is 40.7 Å². The van der Waals surface area contributed by atoms with Gasteiger partial charge in [0.25, 0.3) is 5.91 Å². The number of rotatable bonds is 3. The van der Waals surface area contributed by atoms with Gasteiger partial charge in [-0.2, -0.15) is 5.10 Å². The fraction of sp³-hybridized carbons (Fsp3) is 0.333. The van der Waals surface area contributed by atoms with E-state index in [-0.39, 0.29) is 17.6 Å². The molecule has 26 heavy (non-hydrogen) atoms. The standard InChI is InChI=1S/C18H19ClN6O/c1-12-9-24(18(26)17-14(19)10-23(2)22-17)11-16-21-20-15(25(12)16)8-13-6-4-3-5-7-13/h3-7,10,12H,8-9,11H2,1-2H3/t12-/m0/s1. The zero-order valence-corrected chi connectivity index (χ0v) is 15.4. The van der Waals surface area contributed by atoms with Crippen molar-refractivity contribution >= 4 is 17.5 Å². The Hall–Kier alpha value is -2.67. The average Bonchev–Trinajstić information content (AvgIpc) is 3.18. The molecule has 2 aromatic heterocycles. The van der Waals surface area contributed by atoms with Crippen molar-refractivity contribution in [2.45, 2.75) is 25.9 Å². The van der Waals surface area contributed by atoms with Gasteiger partial charge in [-0.1, -0.05) is 41.9 Å². The number of amides is 1. The van der Waals surface area contributed by atoms with Crippen LogP contribution in [-0.4, -0.2) is 41.9 Å². The van der Waals surface area contributed by atoms with E-state index in [4.69, 9.17) is 11.6 Å². The van der Waals surface area contributed by atoms with Gasteiger partial charge < -0.3 is 9.47 Å². The molecule has 0 saturated heterocycles. The minimum atomic E-state index is -0.179. The molecule has 7 nitrogen and oxygen atoms in total. The lowest BCUT2D eigenvalue weighted by molar-refractivity contribution is 0.0673. The SMILES string of the molecule is C[C@H]1CN(C(=O)c2nn(C)cc2Cl)Cc2nnc(Cc3ccccc3)n21. The summed E-state index contributed by atoms with van der Waals surface area (Å²) in [5, 5.41) is 13.2. The van der Waals surface area contributed by atoms with Gasteiger partial charge in [-0.05, 0) is 12.5 Å². The zero-order chi connectivity index (χ0) is 18.3. The Bertz CT molecular complexity index is 948. The second-order valence-electron chi connectivity index (χ2n) is 6.60. The number of benzene rings is 1. The highest BCUT2D eigenvalue weighted by atomic mass is 35.5. The van der Waals surface area contributed by atoms with E-state index >= 15 is 0 Å². The Labute approximate surface area is 156 Å². The largest absolute Gasteiger partial charge is 0.328 e. The summed E-state index contributed by atoms with van der Waals surface area (Å²) in [5.74, 6) is 1.53. The number of fused-ring (bicyclic) bond motifs is 1. The molecular formula is C18H19ClN6O. The van der Waals surface area contributed by atoms with Gasteiger partial charge in [0.1, 0.15) is 5.82 Å². The van der Waals surface area contributed by atoms with Crippen molar-refractivity contribution in [3.05, 3.63) is 64.5 Å². The topological polar surface area (TPSA) is 68.8 Å². The summed E-state index contributed by atoms with van der Waals surface area (Å²) in [6, 6.07) is 10.3. The first-order valence-electron chi connectivity index (χ1n) is 8.48. The van der Waals surface area contributed by atoms with Crippen LogP contribution in [0.5, 0.6) is 0 Å². The van der Waals surface area contributed by atoms with Gasteiger partial charge in [-0.3, -0.25) is 9.48 Å². The fourth-order valence-corrected chi connectivity index (χ4v) is 3.68. The van der Waals surface area contributed by atoms with Crippen LogP contribution < -0.4 is 0 Å². The van der Waals surface area contributed by atoms with Gasteiger partial charge in [-0.15, -0.1) is 10.2 Å². The van der Waals surface area contributed by atoms with Crippen LogP contribution in [0.25, 0.3) is 0 Å². The maximum atomic E-state index is 12.8. The third-order valence-corrected chi connectivity index (χ3v) is 4.85. The average molecular weight is 371 g/mol. The third-order valence-electron chi connectivity index (χ3n) is 4.57. The molecular weight excluding hydrogens is 352 g/mol. The first kappa shape index (κ1) is 16.8. The van der Waals surface area contributed by atoms with Crippen LogP contribution in [0.15, 0.2) is 36.5 Å². The van der Waals surface area contributed by atoms with Crippen molar-refractivity contribution in [2.75, 3.05) is 6.54 Å². The van der Waals surface area contributed by atoms with E-state index in [2.05, 4.69) is 38.9 Å². The molecule has 3 heterocycles. The lowest BCUT2D eigenvalue weighted by atomic mass is 10.1. The van der Waals surface area contributed by atoms with E-state index in [1.807, 2.05) is 18.2 Å². The maximum absolute atomic E-state index is 12.8. The molecule has 1 aliphatic heterocycles. The summed E-state index contributed by atoms with van der Waals surface area (Å²) < 4.78 is 3.68. The van der Waals surface area contributed by atoms with E-state index in [9.17, 15) is 4.79 Å². The lowest BCUT2D eigenvalue weighted by Gasteiger charge is -2.32. The van der Waals surface area contributed by atoms with Crippen LogP contribution >= 0.6 is 11.6 Å². The smallest absolute Gasteiger partial charge is 0.276 e. The van der Waals surface area contributed by atoms with E-state index in [0.717, 1.165) is 18.1 Å². The molecule has 1 amide bonds. The molecule has 0 spiro atoms. The Morgan fingerprint density at radius 1 is 1.27 bits per heavy atom. The molecule has 1 aliphatic rings. The molecule has 8 heteroatoms. The Balaban J connectivity index is 1.58. The predicted octanol–water partition coefficient (Wildman–Crippen LogP) is 2.47. The molecule has 0 saturated carbocycles. The van der Waals surface area contributed by atoms with Gasteiger partial charge in [0.2, 0.25) is 0 Å². The summed E-state index contributed by atoms with van der Waals surface area (Å²) in [7, 11) is 1.74. The van der Waals surface area contributed by atoms with Gasteiger partial charge in [0, 0.05) is 26.2 Å². The molecule has 0 unspecified atom stereocenters. The highest BCUT2D eigenvalue weighted by Gasteiger charge is 2.31. The first-order chi connectivity index (χ1) is 12.5. The van der Waals surface area contributed by atoms with Gasteiger partial charge in [0.15, 0.2) is 11.5 Å². The number of carbonyl (C=O) groups excluding carboxylic acids is 1. The van der Waals surface area contributed by atoms with Crippen LogP contribution in [0.4, 0.5) is 0 Å². The Kier molecular flexibility index (Phi) is 4.24. The lowest BCUT2D eigenvalue weighted by Crippen LogP contribution is -2.41. The van der Waals surface area contributed by atoms with Gasteiger partial charge in [0.05, 0.1) is 17.6 Å². The third kappa shape index (κ3) is 2.99. The summed E-state index contributed by atoms with van der Waals surface area (Å²) >= 11 is 6.13. The minimum Gasteiger partial charge on any atom is -0.328 e. The number of hydrogen-bond acceptors (Lipinski definition) is 4. The second-order valence-corrected chi connectivity index (χ2v) is 7.01. The minimum absolute atomic E-state index is 0.0823. The normalized spacial score (nSPS) is 16.6. The highest BCUT2D eigenvalue weighted by Crippen LogP contribution is 2.25. The van der Waals surface area contributed by atoms with E-state index in [0.29, 0.717) is 18.1 Å². The Morgan fingerprint density at radius 3 is 2.73 bits per heavy atom. The molecule has 1 atom stereocenters. The number of aromatic nitrogens is 5. The van der Waals surface area contributed by atoms with E-state index in [1.54, 1.807) is 22.8 Å². The monoisotopic (exact) mass is 370 g/mol. The fourth-order valence-electron chi connectivity index (χ4n) is 3.42. The number of nitrogens with zero attached hydrogens (tertiary/aromatic N) is 6. The Morgan fingerprint density at radius 2 is 2.04 bits per heavy atom. The summed E-state index contributed by atoms with van der Waals surface area (Å²) in [4.78, 5) is 14.5. The zero-order valence-electron chi connectivity index (χ0n) is 14.6. The molecule has 0 fully saturated rings. The summed E-state index contributed by atoms with van der Waals surface area (Å²) in [6.07, 6.45) is 2.35. The van der Waals surface area contributed by atoms with Crippen LogP contribution in [0.2, 0.25) is 5.02 Å². The van der Waals surface area contributed by atoms with Gasteiger partial charge >= 0.3 is 0 Å². The van der Waals surface area contributed by atoms with Crippen molar-refractivity contribution in [2.24, 2.45) is 7.05 Å². The van der Waals surface area contributed by atoms with Crippen molar-refractivity contribution in [3.8, 4) is 0 Å². The molecule has 0 bridgehead atoms. The second kappa shape index (κ2) is 6.57. The van der Waals surface area contributed by atoms with Crippen molar-refractivity contribution in [1.82, 2.24) is 29.4 Å². The predicted molar refractivity (Wildman–Crippen MR) is 96.9 cm³/mol. The van der Waals surface area contributed by atoms with E-state index < -0.39 is 0 Å². The summed E-state index contributed by atoms with van der Waals surface area (Å²) in [5.41, 5.74) is 1.47. The molecule has 3 aromatic rings. The van der Waals surface area contributed by atoms with Crippen LogP contribution in [0.3, 0.4) is 0 Å². The molecule has 0 radical (unpaired) electrons. The number of halogens is 1. The number of hydrogen-bond donors (Lipinski definition) is 0. The number of aryl methyl sites for hydroxylation is 1. The van der Waals surface area contributed by atoms with Crippen LogP contribution in [-0.2, 0) is 20.0 Å². The molecule has 1 aromatic carbocycles. The molecule has 0 N–H and O–H groups in total. The van der Waals surface area contributed by atoms with Crippen molar-refractivity contribution in [1.29, 1.82) is 0 Å². The highest BCUT2D eigenvalue weighted by molar-refractivity contribution is 6.33. The first-order valence-corrected chi connectivity index (χ1v) is 8.85. The molecule has 0 aliphatic carbocycles. The number of carbonyl (C=O) groups is 1. The van der Waals surface area contributed by atoms with Gasteiger partial charge in [-0.25, -0.2) is 0 Å². The quantitative estimate of drug-likeness (QED) is 0.710. The molecule has 4 rings (SSSR count).